The van der Waals surface area contributed by atoms with E-state index in [9.17, 15) is 24.0 Å². The fourth-order valence-electron chi connectivity index (χ4n) is 2.03. The molecule has 0 N–H and O–H groups in total. The van der Waals surface area contributed by atoms with Crippen molar-refractivity contribution in [1.82, 2.24) is 0 Å². The Hall–Kier alpha value is -2.65. The Kier molecular flexibility index (Phi) is 12.4. The number of ether oxygens (including phenoxy) is 5. The molecule has 0 radical (unpaired) electrons. The van der Waals surface area contributed by atoms with Gasteiger partial charge < -0.3 is 23.7 Å². The second-order valence-corrected chi connectivity index (χ2v) is 7.56. The fraction of sp³-hybridized carbons (Fsp3) is 0.762. The maximum Gasteiger partial charge on any atom is 0.318 e. The Balaban J connectivity index is 4.81. The van der Waals surface area contributed by atoms with Crippen molar-refractivity contribution >= 4 is 29.8 Å². The molecule has 0 aliphatic carbocycles. The Morgan fingerprint density at radius 1 is 0.613 bits per heavy atom. The molecule has 0 aromatic heterocycles. The Morgan fingerprint density at radius 3 is 1.35 bits per heavy atom. The van der Waals surface area contributed by atoms with Crippen molar-refractivity contribution in [1.29, 1.82) is 0 Å². The van der Waals surface area contributed by atoms with E-state index < -0.39 is 40.7 Å². The first-order valence-electron chi connectivity index (χ1n) is 10.2. The van der Waals surface area contributed by atoms with E-state index in [0.29, 0.717) is 6.42 Å². The molecule has 0 saturated carbocycles. The van der Waals surface area contributed by atoms with Crippen molar-refractivity contribution < 1.29 is 47.7 Å². The third kappa shape index (κ3) is 10.3. The molecular formula is C21H34O10. The fourth-order valence-corrected chi connectivity index (χ4v) is 2.03. The SMILES string of the molecule is CCC(=O)OCC(C)(COC(=O)CC)C(=O)OCCOC(=O)C(C)(CC)COC(C)=O. The first-order valence-corrected chi connectivity index (χ1v) is 10.2. The highest BCUT2D eigenvalue weighted by Gasteiger charge is 2.39. The maximum atomic E-state index is 12.5. The van der Waals surface area contributed by atoms with Gasteiger partial charge in [-0.3, -0.25) is 24.0 Å². The third-order valence-electron chi connectivity index (χ3n) is 4.59. The molecule has 0 aromatic rings. The van der Waals surface area contributed by atoms with Crippen LogP contribution in [-0.2, 0) is 47.7 Å². The van der Waals surface area contributed by atoms with Crippen LogP contribution < -0.4 is 0 Å². The van der Waals surface area contributed by atoms with Crippen LogP contribution in [0.5, 0.6) is 0 Å². The second-order valence-electron chi connectivity index (χ2n) is 7.56. The molecule has 0 spiro atoms. The topological polar surface area (TPSA) is 132 Å². The molecule has 0 saturated heterocycles. The van der Waals surface area contributed by atoms with E-state index >= 15 is 0 Å². The highest BCUT2D eigenvalue weighted by Crippen LogP contribution is 2.24. The molecule has 0 amide bonds. The van der Waals surface area contributed by atoms with E-state index in [0.717, 1.165) is 0 Å². The predicted molar refractivity (Wildman–Crippen MR) is 108 cm³/mol. The average molecular weight is 446 g/mol. The summed E-state index contributed by atoms with van der Waals surface area (Å²) in [7, 11) is 0. The summed E-state index contributed by atoms with van der Waals surface area (Å²) in [5.41, 5.74) is -2.43. The molecule has 0 aliphatic rings. The summed E-state index contributed by atoms with van der Waals surface area (Å²) in [4.78, 5) is 58.7. The van der Waals surface area contributed by atoms with Crippen LogP contribution >= 0.6 is 0 Å². The van der Waals surface area contributed by atoms with Crippen LogP contribution in [0.15, 0.2) is 0 Å². The van der Waals surface area contributed by atoms with Gasteiger partial charge in [0.2, 0.25) is 0 Å². The highest BCUT2D eigenvalue weighted by molar-refractivity contribution is 5.79. The van der Waals surface area contributed by atoms with Crippen LogP contribution in [0.4, 0.5) is 0 Å². The zero-order valence-electron chi connectivity index (χ0n) is 19.2. The molecule has 10 nitrogen and oxygen atoms in total. The molecule has 0 fully saturated rings. The summed E-state index contributed by atoms with van der Waals surface area (Å²) in [5.74, 6) is -2.89. The van der Waals surface area contributed by atoms with E-state index in [-0.39, 0.29) is 45.9 Å². The standard InChI is InChI=1S/C21H34O10/c1-7-16(23)30-13-21(6,14-31-17(24)8-2)19(26)28-11-10-27-18(25)20(5,9-3)12-29-15(4)22/h7-14H2,1-6H3. The molecule has 0 heterocycles. The van der Waals surface area contributed by atoms with Crippen LogP contribution in [0.2, 0.25) is 0 Å². The molecule has 1 unspecified atom stereocenters. The lowest BCUT2D eigenvalue weighted by Crippen LogP contribution is -2.41. The minimum absolute atomic E-state index is 0.124. The molecule has 178 valence electrons. The van der Waals surface area contributed by atoms with Gasteiger partial charge in [-0.2, -0.15) is 0 Å². The van der Waals surface area contributed by atoms with Crippen molar-refractivity contribution in [3.63, 3.8) is 0 Å². The zero-order valence-corrected chi connectivity index (χ0v) is 19.2. The quantitative estimate of drug-likeness (QED) is 0.222. The minimum atomic E-state index is -1.41. The van der Waals surface area contributed by atoms with Gasteiger partial charge in [0.25, 0.3) is 0 Å². The lowest BCUT2D eigenvalue weighted by atomic mass is 9.89. The van der Waals surface area contributed by atoms with Gasteiger partial charge in [0.05, 0.1) is 5.41 Å². The van der Waals surface area contributed by atoms with Crippen LogP contribution in [0, 0.1) is 10.8 Å². The summed E-state index contributed by atoms with van der Waals surface area (Å²) in [6, 6.07) is 0. The number of carbonyl (C=O) groups is 5. The first kappa shape index (κ1) is 28.4. The average Bonchev–Trinajstić information content (AvgIpc) is 2.76. The van der Waals surface area contributed by atoms with Gasteiger partial charge in [0, 0.05) is 19.8 Å². The Morgan fingerprint density at radius 2 is 1.00 bits per heavy atom. The van der Waals surface area contributed by atoms with Gasteiger partial charge in [0.1, 0.15) is 38.4 Å². The molecule has 10 heteroatoms. The number of hydrogen-bond donors (Lipinski definition) is 0. The van der Waals surface area contributed by atoms with Crippen molar-refractivity contribution in [2.45, 2.75) is 60.8 Å². The number of hydrogen-bond acceptors (Lipinski definition) is 10. The van der Waals surface area contributed by atoms with E-state index in [4.69, 9.17) is 23.7 Å². The molecule has 0 bridgehead atoms. The van der Waals surface area contributed by atoms with Gasteiger partial charge in [-0.05, 0) is 20.3 Å². The smallest absolute Gasteiger partial charge is 0.318 e. The van der Waals surface area contributed by atoms with E-state index in [1.165, 1.54) is 13.8 Å². The molecule has 31 heavy (non-hydrogen) atoms. The van der Waals surface area contributed by atoms with Crippen LogP contribution in [0.3, 0.4) is 0 Å². The van der Waals surface area contributed by atoms with Crippen LogP contribution in [0.25, 0.3) is 0 Å². The lowest BCUT2D eigenvalue weighted by molar-refractivity contribution is -0.175. The summed E-state index contributed by atoms with van der Waals surface area (Å²) in [5, 5.41) is 0. The summed E-state index contributed by atoms with van der Waals surface area (Å²) in [6.45, 7) is 8.00. The lowest BCUT2D eigenvalue weighted by Gasteiger charge is -2.27. The van der Waals surface area contributed by atoms with Gasteiger partial charge in [-0.1, -0.05) is 20.8 Å². The van der Waals surface area contributed by atoms with Gasteiger partial charge >= 0.3 is 29.8 Å². The van der Waals surface area contributed by atoms with Crippen molar-refractivity contribution in [3.8, 4) is 0 Å². The van der Waals surface area contributed by atoms with Gasteiger partial charge in [-0.25, -0.2) is 0 Å². The van der Waals surface area contributed by atoms with E-state index in [2.05, 4.69) is 0 Å². The molecule has 0 aliphatic heterocycles. The summed E-state index contributed by atoms with van der Waals surface area (Å²) >= 11 is 0. The second kappa shape index (κ2) is 13.6. The number of esters is 5. The molecule has 0 aromatic carbocycles. The molecule has 0 rings (SSSR count). The highest BCUT2D eigenvalue weighted by atomic mass is 16.6. The monoisotopic (exact) mass is 446 g/mol. The van der Waals surface area contributed by atoms with Gasteiger partial charge in [-0.15, -0.1) is 0 Å². The van der Waals surface area contributed by atoms with Crippen LogP contribution in [0.1, 0.15) is 60.8 Å². The molecule has 1 atom stereocenters. The summed E-state index contributed by atoms with van der Waals surface area (Å²) < 4.78 is 25.3. The van der Waals surface area contributed by atoms with Crippen molar-refractivity contribution in [2.24, 2.45) is 10.8 Å². The Labute approximate surface area is 182 Å². The Bertz CT molecular complexity index is 622. The maximum absolute atomic E-state index is 12.5. The van der Waals surface area contributed by atoms with Crippen LogP contribution in [-0.4, -0.2) is 62.9 Å². The third-order valence-corrected chi connectivity index (χ3v) is 4.59. The predicted octanol–water partition coefficient (Wildman–Crippen LogP) is 1.96. The van der Waals surface area contributed by atoms with Crippen molar-refractivity contribution in [3.05, 3.63) is 0 Å². The minimum Gasteiger partial charge on any atom is -0.465 e. The number of carbonyl (C=O) groups excluding carboxylic acids is 5. The summed E-state index contributed by atoms with van der Waals surface area (Å²) in [6.07, 6.45) is 0.626. The normalized spacial score (nSPS) is 12.8. The largest absolute Gasteiger partial charge is 0.465 e. The number of rotatable bonds is 14. The van der Waals surface area contributed by atoms with Crippen molar-refractivity contribution in [2.75, 3.05) is 33.0 Å². The van der Waals surface area contributed by atoms with E-state index in [1.54, 1.807) is 27.7 Å². The van der Waals surface area contributed by atoms with E-state index in [1.807, 2.05) is 0 Å². The zero-order chi connectivity index (χ0) is 24.1. The molecular weight excluding hydrogens is 412 g/mol. The first-order chi connectivity index (χ1) is 14.4. The van der Waals surface area contributed by atoms with Gasteiger partial charge in [0.15, 0.2) is 0 Å².